The third kappa shape index (κ3) is 4.16. The maximum atomic E-state index is 13.3. The molecule has 10 aliphatic rings. The maximum absolute atomic E-state index is 13.3. The van der Waals surface area contributed by atoms with Crippen LogP contribution in [0.3, 0.4) is 0 Å². The topological polar surface area (TPSA) is 146 Å². The Kier molecular flexibility index (Phi) is 6.60. The number of hydrogen-bond donors (Lipinski definition) is 7. The van der Waals surface area contributed by atoms with Gasteiger partial charge in [-0.15, -0.1) is 0 Å². The molecule has 5 fully saturated rings. The standard InChI is InChI=1S/C47H51N5O6S/c53-31-10-8-25-18-33-46(55)13-12-30(41-44(46,35(25)39(31)57-41)14-16-51(33)21-23-4-5-23)49-43(59)48-29-3-1-2-27-28-20-47(56)34-19-26-9-11-32(54)40-36(26)45(47,15-17-52(34)22-24-6-7-24)42(58-40)38(28)50-37(27)29/h1-3,8-11,23-24,30,33-34,41-42,50,53-56H,4-7,12-22H2,(H2,48,49,59)/t30-,33-,34-,41+,42+,44+,45+,46-,47-/m1/s1. The number of aromatic hydroxyl groups is 2. The summed E-state index contributed by atoms with van der Waals surface area (Å²) < 4.78 is 13.7. The fourth-order valence-corrected chi connectivity index (χ4v) is 15.0. The normalized spacial score (nSPS) is 37.9. The molecule has 2 spiro atoms. The first-order valence-corrected chi connectivity index (χ1v) is 22.7. The number of phenols is 2. The van der Waals surface area contributed by atoms with Crippen LogP contribution in [-0.2, 0) is 30.1 Å². The van der Waals surface area contributed by atoms with E-state index in [1.165, 1.54) is 36.8 Å². The molecule has 12 heteroatoms. The van der Waals surface area contributed by atoms with Crippen LogP contribution in [0.5, 0.6) is 23.0 Å². The number of likely N-dealkylation sites (tertiary alicyclic amines) is 2. The number of nitrogens with one attached hydrogen (secondary N) is 3. The second-order valence-electron chi connectivity index (χ2n) is 20.2. The second kappa shape index (κ2) is 11.2. The third-order valence-corrected chi connectivity index (χ3v) is 17.7. The van der Waals surface area contributed by atoms with E-state index in [2.05, 4.69) is 43.6 Å². The maximum Gasteiger partial charge on any atom is 0.171 e. The molecule has 4 aliphatic heterocycles. The van der Waals surface area contributed by atoms with Crippen LogP contribution >= 0.6 is 12.2 Å². The summed E-state index contributed by atoms with van der Waals surface area (Å²) in [5, 5.41) is 57.4. The zero-order valence-electron chi connectivity index (χ0n) is 33.1. The monoisotopic (exact) mass is 813 g/mol. The second-order valence-corrected chi connectivity index (χ2v) is 20.6. The summed E-state index contributed by atoms with van der Waals surface area (Å²) in [6, 6.07) is 13.6. The van der Waals surface area contributed by atoms with Gasteiger partial charge in [0.1, 0.15) is 6.10 Å². The fourth-order valence-electron chi connectivity index (χ4n) is 14.7. The number of thiocarbonyl (C=S) groups is 1. The van der Waals surface area contributed by atoms with E-state index in [1.54, 1.807) is 12.1 Å². The molecule has 0 unspecified atom stereocenters. The minimum absolute atomic E-state index is 0.0166. The number of phenolic OH excluding ortho intramolecular Hbond substituents is 2. The summed E-state index contributed by atoms with van der Waals surface area (Å²) in [7, 11) is 0. The lowest BCUT2D eigenvalue weighted by Crippen LogP contribution is -2.78. The van der Waals surface area contributed by atoms with Crippen LogP contribution in [0.25, 0.3) is 10.9 Å². The quantitative estimate of drug-likeness (QED) is 0.129. The Hall–Kier alpha value is -4.07. The molecular formula is C47H51N5O6S. The number of aromatic nitrogens is 1. The van der Waals surface area contributed by atoms with Gasteiger partial charge in [0.05, 0.1) is 45.0 Å². The van der Waals surface area contributed by atoms with Gasteiger partial charge in [0.25, 0.3) is 0 Å². The summed E-state index contributed by atoms with van der Waals surface area (Å²) in [5.41, 5.74) is 4.81. The van der Waals surface area contributed by atoms with E-state index in [1.807, 2.05) is 12.1 Å². The lowest BCUT2D eigenvalue weighted by atomic mass is 9.48. The van der Waals surface area contributed by atoms with Crippen molar-refractivity contribution in [3.05, 3.63) is 76.0 Å². The molecule has 0 amide bonds. The molecule has 5 heterocycles. The number of anilines is 1. The predicted molar refractivity (Wildman–Crippen MR) is 224 cm³/mol. The van der Waals surface area contributed by atoms with Crippen LogP contribution in [0.15, 0.2) is 42.5 Å². The number of hydrogen-bond acceptors (Lipinski definition) is 9. The number of aliphatic hydroxyl groups is 2. The lowest BCUT2D eigenvalue weighted by molar-refractivity contribution is -0.190. The summed E-state index contributed by atoms with van der Waals surface area (Å²) in [4.78, 5) is 8.94. The van der Waals surface area contributed by atoms with Gasteiger partial charge in [0.15, 0.2) is 34.2 Å². The average molecular weight is 814 g/mol. The van der Waals surface area contributed by atoms with Crippen LogP contribution in [0.1, 0.15) is 91.0 Å². The van der Waals surface area contributed by atoms with Crippen LogP contribution in [0, 0.1) is 11.8 Å². The summed E-state index contributed by atoms with van der Waals surface area (Å²) in [6.07, 6.45) is 9.06. The van der Waals surface area contributed by atoms with Crippen LogP contribution in [-0.4, -0.2) is 102 Å². The number of nitrogens with zero attached hydrogens (tertiary/aromatic N) is 2. The number of aromatic amines is 1. The minimum atomic E-state index is -1.07. The van der Waals surface area contributed by atoms with E-state index in [9.17, 15) is 20.4 Å². The van der Waals surface area contributed by atoms with Crippen LogP contribution in [0.4, 0.5) is 5.69 Å². The highest BCUT2D eigenvalue weighted by Gasteiger charge is 2.74. The van der Waals surface area contributed by atoms with Gasteiger partial charge >= 0.3 is 0 Å². The predicted octanol–water partition coefficient (Wildman–Crippen LogP) is 5.20. The van der Waals surface area contributed by atoms with Crippen molar-refractivity contribution in [2.24, 2.45) is 11.8 Å². The van der Waals surface area contributed by atoms with Crippen LogP contribution in [0.2, 0.25) is 0 Å². The molecule has 4 bridgehead atoms. The summed E-state index contributed by atoms with van der Waals surface area (Å²) >= 11 is 6.14. The van der Waals surface area contributed by atoms with Crippen molar-refractivity contribution in [1.29, 1.82) is 0 Å². The number of benzene rings is 3. The smallest absolute Gasteiger partial charge is 0.171 e. The summed E-state index contributed by atoms with van der Waals surface area (Å²) in [5.74, 6) is 2.79. The summed E-state index contributed by atoms with van der Waals surface area (Å²) in [6.45, 7) is 3.87. The van der Waals surface area contributed by atoms with Gasteiger partial charge in [-0.05, 0) is 136 Å². The molecule has 11 nitrogen and oxygen atoms in total. The number of piperidine rings is 2. The number of fused-ring (bicyclic) bond motifs is 4. The molecule has 59 heavy (non-hydrogen) atoms. The van der Waals surface area contributed by atoms with Gasteiger partial charge in [0, 0.05) is 48.1 Å². The van der Waals surface area contributed by atoms with Gasteiger partial charge in [-0.25, -0.2) is 0 Å². The lowest BCUT2D eigenvalue weighted by Gasteiger charge is -2.64. The molecule has 0 radical (unpaired) electrons. The van der Waals surface area contributed by atoms with Gasteiger partial charge in [-0.1, -0.05) is 24.3 Å². The fraction of sp³-hybridized carbons (Fsp3) is 0.553. The number of rotatable bonds is 6. The van der Waals surface area contributed by atoms with Crippen molar-refractivity contribution in [3.8, 4) is 23.0 Å². The first-order valence-electron chi connectivity index (χ1n) is 22.3. The molecule has 2 saturated heterocycles. The van der Waals surface area contributed by atoms with Crippen molar-refractivity contribution < 1.29 is 29.9 Å². The Morgan fingerprint density at radius 1 is 0.780 bits per heavy atom. The van der Waals surface area contributed by atoms with Crippen molar-refractivity contribution >= 4 is 33.9 Å². The zero-order valence-corrected chi connectivity index (χ0v) is 33.9. The zero-order chi connectivity index (χ0) is 39.4. The Balaban J connectivity index is 0.802. The molecule has 4 aromatic rings. The van der Waals surface area contributed by atoms with Gasteiger partial charge in [0.2, 0.25) is 0 Å². The third-order valence-electron chi connectivity index (χ3n) is 17.5. The number of H-pyrrole nitrogens is 1. The van der Waals surface area contributed by atoms with Gasteiger partial charge < -0.3 is 45.5 Å². The first kappa shape index (κ1) is 34.6. The van der Waals surface area contributed by atoms with E-state index in [4.69, 9.17) is 21.7 Å². The van der Waals surface area contributed by atoms with Crippen molar-refractivity contribution in [1.82, 2.24) is 20.1 Å². The van der Waals surface area contributed by atoms with E-state index in [-0.39, 0.29) is 29.6 Å². The van der Waals surface area contributed by atoms with Crippen LogP contribution < -0.4 is 20.1 Å². The largest absolute Gasteiger partial charge is 0.504 e. The van der Waals surface area contributed by atoms with E-state index >= 15 is 0 Å². The Morgan fingerprint density at radius 3 is 2.12 bits per heavy atom. The number of ether oxygens (including phenoxy) is 2. The van der Waals surface area contributed by atoms with E-state index < -0.39 is 34.2 Å². The molecular weight excluding hydrogens is 763 g/mol. The SMILES string of the molecule is Oc1ccc2c3c1O[C@H]1c4[nH]c5c(NC(=S)N[C@@H]6CC[C@@]7(O)[C@H]8Cc9ccc(O)c%10c9[C@@]7(CCN8CC7CC7)[C@H]6O%10)cccc5c4C[C@@]4(O)[C@@H](C2)N(CC2CC2)CC[C@]314. The molecule has 9 atom stereocenters. The molecule has 306 valence electrons. The molecule has 1 aromatic heterocycles. The highest BCUT2D eigenvalue weighted by molar-refractivity contribution is 7.80. The highest BCUT2D eigenvalue weighted by atomic mass is 32.1. The molecule has 14 rings (SSSR count). The highest BCUT2D eigenvalue weighted by Crippen LogP contribution is 2.70. The Labute approximate surface area is 348 Å². The molecule has 6 aliphatic carbocycles. The molecule has 3 saturated carbocycles. The Morgan fingerprint density at radius 2 is 1.42 bits per heavy atom. The van der Waals surface area contributed by atoms with E-state index in [0.29, 0.717) is 41.8 Å². The van der Waals surface area contributed by atoms with E-state index in [0.717, 1.165) is 96.8 Å². The van der Waals surface area contributed by atoms with Gasteiger partial charge in [-0.3, -0.25) is 9.80 Å². The first-order chi connectivity index (χ1) is 28.6. The van der Waals surface area contributed by atoms with Gasteiger partial charge in [-0.2, -0.15) is 0 Å². The number of para-hydroxylation sites is 1. The van der Waals surface area contributed by atoms with Crippen molar-refractivity contribution in [2.45, 2.75) is 123 Å². The minimum Gasteiger partial charge on any atom is -0.504 e. The van der Waals surface area contributed by atoms with Crippen molar-refractivity contribution in [2.75, 3.05) is 31.5 Å². The van der Waals surface area contributed by atoms with Crippen molar-refractivity contribution in [3.63, 3.8) is 0 Å². The molecule has 7 N–H and O–H groups in total. The molecule has 3 aromatic carbocycles. The average Bonchev–Trinajstić information content (AvgIpc) is 4.11. The Bertz CT molecular complexity index is 2550.